The molecule has 0 aliphatic rings. The van der Waals surface area contributed by atoms with E-state index in [1.165, 1.54) is 0 Å². The molecule has 5 nitrogen and oxygen atoms in total. The third-order valence-corrected chi connectivity index (χ3v) is 11.4. The van der Waals surface area contributed by atoms with Crippen molar-refractivity contribution < 1.29 is 238 Å². The SMILES string of the molecule is CC(OP(=O)([O-])OC(C)C(F)(F)C(F)(F)C(F)(F)C(F)(F)C(F)(F)C(F)(F)C(F)(F)C(F)(F)C(F)(F)C(F)(F)C(F)(F)C(F)(F)F)C(F)(F)C(F)(F)C(F)(F)C(F)(F)C(F)(F)C(F)(F)C(F)(F)C(F)(F)C(F)(F)C(F)(F)C(F)(F)C(F)(F)F.[NH4+]. The van der Waals surface area contributed by atoms with Gasteiger partial charge in [0, 0.05) is 0 Å². The Labute approximate surface area is 422 Å². The molecule has 56 heteroatoms. The summed E-state index contributed by atoms with van der Waals surface area (Å²) >= 11 is 0. The van der Waals surface area contributed by atoms with Crippen LogP contribution in [-0.2, 0) is 13.6 Å². The summed E-state index contributed by atoms with van der Waals surface area (Å²) in [6.45, 7) is -3.41. The first-order valence-electron chi connectivity index (χ1n) is 17.9. The van der Waals surface area contributed by atoms with Crippen molar-refractivity contribution in [1.29, 1.82) is 0 Å². The maximum Gasteiger partial charge on any atom is 0.460 e. The summed E-state index contributed by atoms with van der Waals surface area (Å²) in [4.78, 5) is 11.8. The second kappa shape index (κ2) is 20.6. The van der Waals surface area contributed by atoms with Gasteiger partial charge in [-0.25, -0.2) is 0 Å². The summed E-state index contributed by atoms with van der Waals surface area (Å²) in [5.74, 6) is -214. The van der Waals surface area contributed by atoms with Gasteiger partial charge in [-0.2, -0.15) is 220 Å². The Morgan fingerprint density at radius 2 is 0.321 bits per heavy atom. The highest BCUT2D eigenvalue weighted by molar-refractivity contribution is 7.45. The van der Waals surface area contributed by atoms with E-state index in [0.29, 0.717) is 0 Å². The minimum Gasteiger partial charge on any atom is -0.756 e. The summed E-state index contributed by atoms with van der Waals surface area (Å²) in [5.41, 5.74) is 0. The highest BCUT2D eigenvalue weighted by Crippen LogP contribution is 2.71. The van der Waals surface area contributed by atoms with Gasteiger partial charge in [0.05, 0.1) is 0 Å². The summed E-state index contributed by atoms with van der Waals surface area (Å²) in [5, 5.41) is 0. The molecule has 0 heterocycles. The van der Waals surface area contributed by atoms with E-state index in [9.17, 15) is 229 Å². The molecule has 0 bridgehead atoms. The van der Waals surface area contributed by atoms with Gasteiger partial charge < -0.3 is 20.1 Å². The first kappa shape index (κ1) is 82.6. The van der Waals surface area contributed by atoms with Gasteiger partial charge in [0.2, 0.25) is 0 Å². The van der Waals surface area contributed by atoms with Gasteiger partial charge in [-0.3, -0.25) is 4.57 Å². The van der Waals surface area contributed by atoms with Crippen LogP contribution in [0.4, 0.5) is 220 Å². The topological polar surface area (TPSA) is 95.1 Å². The predicted molar refractivity (Wildman–Crippen MR) is 156 cm³/mol. The number of hydrogen-bond donors (Lipinski definition) is 1. The molecule has 508 valence electrons. The van der Waals surface area contributed by atoms with Gasteiger partial charge in [0.15, 0.2) is 0 Å². The number of alkyl halides is 50. The lowest BCUT2D eigenvalue weighted by atomic mass is 9.84. The Morgan fingerprint density at radius 3 is 0.429 bits per heavy atom. The zero-order valence-electron chi connectivity index (χ0n) is 37.1. The second-order valence-electron chi connectivity index (χ2n) is 15.7. The van der Waals surface area contributed by atoms with Crippen molar-refractivity contribution in [3.63, 3.8) is 0 Å². The fourth-order valence-corrected chi connectivity index (χ4v) is 6.07. The number of phosphoric acid groups is 1. The molecule has 0 aromatic carbocycles. The normalized spacial score (nSPS) is 18.3. The van der Waals surface area contributed by atoms with Gasteiger partial charge in [-0.1, -0.05) is 0 Å². The fourth-order valence-electron chi connectivity index (χ4n) is 4.98. The average molecular weight is 1410 g/mol. The van der Waals surface area contributed by atoms with Crippen molar-refractivity contribution >= 4 is 7.82 Å². The van der Waals surface area contributed by atoms with E-state index in [2.05, 4.69) is 9.05 Å². The molecule has 2 atom stereocenters. The van der Waals surface area contributed by atoms with Gasteiger partial charge >= 0.3 is 143 Å². The highest BCUT2D eigenvalue weighted by atomic mass is 31.2. The van der Waals surface area contributed by atoms with Crippen LogP contribution in [0.1, 0.15) is 13.8 Å². The third-order valence-electron chi connectivity index (χ3n) is 10.2. The standard InChI is InChI=1S/C28H9F50O4P.H3N/c1-3(5(29,30)7(33,34)9(37,38)11(41,42)13(45,46)15(49,50)17(53,54)19(57,58)21(61,62)23(65,66)25(69,70)27(73,74)75)81-83(79,80)82-4(2)6(31,32)8(35,36)10(39,40)12(43,44)14(47,48)16(51,52)18(55,56)20(59,60)22(63,64)24(67,68)26(71,72)28(76,77)78;/h3-4H,1-2H3,(H,79,80);1H3. The minimum atomic E-state index is -10.2. The predicted octanol–water partition coefficient (Wildman–Crippen LogP) is 16.7. The Hall–Kier alpha value is -3.43. The third kappa shape index (κ3) is 10.1. The molecule has 84 heavy (non-hydrogen) atoms. The maximum absolute atomic E-state index is 14.5. The molecule has 0 amide bonds. The van der Waals surface area contributed by atoms with Crippen LogP contribution in [0, 0.1) is 0 Å². The number of rotatable bonds is 26. The van der Waals surface area contributed by atoms with Gasteiger partial charge in [-0.05, 0) is 13.8 Å². The van der Waals surface area contributed by atoms with Crippen LogP contribution in [0.15, 0.2) is 0 Å². The highest BCUT2D eigenvalue weighted by Gasteiger charge is 3.02. The molecule has 0 aromatic rings. The number of halogens is 50. The second-order valence-corrected chi connectivity index (χ2v) is 17.0. The monoisotopic (exact) mass is 1410 g/mol. The van der Waals surface area contributed by atoms with Crippen molar-refractivity contribution in [2.24, 2.45) is 0 Å². The molecule has 4 N–H and O–H groups in total. The molecule has 0 aromatic heterocycles. The van der Waals surface area contributed by atoms with Gasteiger partial charge in [0.25, 0.3) is 7.82 Å². The van der Waals surface area contributed by atoms with Crippen LogP contribution < -0.4 is 11.0 Å². The summed E-state index contributed by atoms with van der Waals surface area (Å²) in [6.07, 6.45) is -28.7. The van der Waals surface area contributed by atoms with E-state index < -0.39 is 177 Å². The minimum absolute atomic E-state index is 0. The van der Waals surface area contributed by atoms with Crippen molar-refractivity contribution in [2.45, 2.75) is 169 Å². The smallest absolute Gasteiger partial charge is 0.460 e. The van der Waals surface area contributed by atoms with Crippen molar-refractivity contribution in [2.75, 3.05) is 0 Å². The Bertz CT molecular complexity index is 2220. The Balaban J connectivity index is 0. The zero-order chi connectivity index (χ0) is 69.1. The first-order valence-corrected chi connectivity index (χ1v) is 19.3. The van der Waals surface area contributed by atoms with E-state index in [-0.39, 0.29) is 6.15 Å². The van der Waals surface area contributed by atoms with Gasteiger partial charge in [0.1, 0.15) is 12.2 Å². The molecule has 0 rings (SSSR count). The van der Waals surface area contributed by atoms with Gasteiger partial charge in [-0.15, -0.1) is 0 Å². The van der Waals surface area contributed by atoms with E-state index >= 15 is 0 Å². The molecule has 0 radical (unpaired) electrons. The zero-order valence-corrected chi connectivity index (χ0v) is 38.0. The fraction of sp³-hybridized carbons (Fsp3) is 1.00. The van der Waals surface area contributed by atoms with Crippen LogP contribution in [0.25, 0.3) is 0 Å². The Morgan fingerprint density at radius 1 is 0.226 bits per heavy atom. The van der Waals surface area contributed by atoms with E-state index in [1.807, 2.05) is 0 Å². The van der Waals surface area contributed by atoms with E-state index in [4.69, 9.17) is 0 Å². The molecule has 0 spiro atoms. The summed E-state index contributed by atoms with van der Waals surface area (Å²) in [6, 6.07) is 0. The molecule has 0 fully saturated rings. The molecular formula is C28H12F50NO4P. The lowest BCUT2D eigenvalue weighted by Crippen LogP contribution is -2.78. The molecule has 0 aliphatic heterocycles. The maximum atomic E-state index is 14.5. The molecule has 2 unspecified atom stereocenters. The van der Waals surface area contributed by atoms with E-state index in [1.54, 1.807) is 0 Å². The van der Waals surface area contributed by atoms with Crippen molar-refractivity contribution in [1.82, 2.24) is 6.15 Å². The lowest BCUT2D eigenvalue weighted by molar-refractivity contribution is -0.483. The van der Waals surface area contributed by atoms with Crippen LogP contribution in [0.2, 0.25) is 0 Å². The van der Waals surface area contributed by atoms with Crippen molar-refractivity contribution in [3.8, 4) is 0 Å². The first-order chi connectivity index (χ1) is 34.8. The molecule has 0 saturated carbocycles. The molecular weight excluding hydrogens is 1400 g/mol. The number of phosphoric ester groups is 1. The lowest BCUT2D eigenvalue weighted by Gasteiger charge is -2.46. The Kier molecular flexibility index (Phi) is 20.2. The number of quaternary nitrogens is 1. The number of hydrogen-bond acceptors (Lipinski definition) is 4. The quantitative estimate of drug-likeness (QED) is 0.0689. The summed E-state index contributed by atoms with van der Waals surface area (Å²) < 4.78 is 702. The summed E-state index contributed by atoms with van der Waals surface area (Å²) in [7, 11) is -8.78. The van der Waals surface area contributed by atoms with Crippen LogP contribution >= 0.6 is 7.82 Å². The molecule has 0 aliphatic carbocycles. The van der Waals surface area contributed by atoms with Crippen molar-refractivity contribution in [3.05, 3.63) is 0 Å². The van der Waals surface area contributed by atoms with E-state index in [0.717, 1.165) is 0 Å². The van der Waals surface area contributed by atoms with Crippen LogP contribution in [-0.4, -0.2) is 155 Å². The largest absolute Gasteiger partial charge is 0.756 e. The van der Waals surface area contributed by atoms with Crippen LogP contribution in [0.5, 0.6) is 0 Å². The molecule has 0 saturated heterocycles. The van der Waals surface area contributed by atoms with Crippen LogP contribution in [0.3, 0.4) is 0 Å². The average Bonchev–Trinajstić information content (AvgIpc) is 3.23.